The molecule has 1 heterocycles. The van der Waals surface area contributed by atoms with Gasteiger partial charge in [0.2, 0.25) is 0 Å². The summed E-state index contributed by atoms with van der Waals surface area (Å²) in [6.45, 7) is 0.585. The third-order valence-electron chi connectivity index (χ3n) is 2.27. The van der Waals surface area contributed by atoms with Crippen LogP contribution in [0.3, 0.4) is 0 Å². The Bertz CT molecular complexity index is 438. The standard InChI is InChI=1S/C11H15BrN2O4S/c1-18-8(3-10(15)16)4-13-11(17)14-5-9-2-7(12)6-19-9/h2,6,8H,3-5H2,1H3,(H,15,16)(H2,13,14,17). The molecule has 0 spiro atoms. The van der Waals surface area contributed by atoms with Gasteiger partial charge in [-0.1, -0.05) is 0 Å². The number of urea groups is 1. The van der Waals surface area contributed by atoms with Crippen LogP contribution in [-0.4, -0.2) is 36.9 Å². The average molecular weight is 351 g/mol. The number of carboxylic acids is 1. The highest BCUT2D eigenvalue weighted by molar-refractivity contribution is 9.10. The lowest BCUT2D eigenvalue weighted by Gasteiger charge is -2.14. The number of amides is 2. The van der Waals surface area contributed by atoms with E-state index in [0.29, 0.717) is 6.54 Å². The minimum absolute atomic E-state index is 0.144. The van der Waals surface area contributed by atoms with Gasteiger partial charge in [0.05, 0.1) is 19.1 Å². The van der Waals surface area contributed by atoms with Gasteiger partial charge in [-0.25, -0.2) is 4.79 Å². The highest BCUT2D eigenvalue weighted by atomic mass is 79.9. The van der Waals surface area contributed by atoms with Crippen molar-refractivity contribution in [2.75, 3.05) is 13.7 Å². The summed E-state index contributed by atoms with van der Waals surface area (Å²) in [5.74, 6) is -0.961. The summed E-state index contributed by atoms with van der Waals surface area (Å²) < 4.78 is 5.93. The van der Waals surface area contributed by atoms with E-state index in [9.17, 15) is 9.59 Å². The Morgan fingerprint density at radius 3 is 2.79 bits per heavy atom. The van der Waals surface area contributed by atoms with Crippen LogP contribution in [0.4, 0.5) is 4.79 Å². The number of methoxy groups -OCH3 is 1. The van der Waals surface area contributed by atoms with Crippen LogP contribution in [0.15, 0.2) is 15.9 Å². The van der Waals surface area contributed by atoms with Gasteiger partial charge in [-0.2, -0.15) is 0 Å². The first-order valence-corrected chi connectivity index (χ1v) is 7.17. The zero-order chi connectivity index (χ0) is 14.3. The van der Waals surface area contributed by atoms with E-state index in [1.165, 1.54) is 18.4 Å². The number of rotatable bonds is 7. The predicted molar refractivity (Wildman–Crippen MR) is 75.3 cm³/mol. The molecule has 1 rings (SSSR count). The number of carbonyl (C=O) groups excluding carboxylic acids is 1. The number of ether oxygens (including phenoxy) is 1. The fourth-order valence-corrected chi connectivity index (χ4v) is 2.71. The zero-order valence-corrected chi connectivity index (χ0v) is 12.7. The smallest absolute Gasteiger partial charge is 0.315 e. The van der Waals surface area contributed by atoms with Crippen LogP contribution in [0, 0.1) is 0 Å². The van der Waals surface area contributed by atoms with Gasteiger partial charge >= 0.3 is 12.0 Å². The Morgan fingerprint density at radius 2 is 2.26 bits per heavy atom. The third-order valence-corrected chi connectivity index (χ3v) is 3.97. The molecule has 1 aromatic heterocycles. The first-order valence-electron chi connectivity index (χ1n) is 5.50. The number of carbonyl (C=O) groups is 2. The molecule has 0 fully saturated rings. The van der Waals surface area contributed by atoms with Crippen LogP contribution in [0.2, 0.25) is 0 Å². The summed E-state index contributed by atoms with van der Waals surface area (Å²) in [7, 11) is 1.41. The Morgan fingerprint density at radius 1 is 1.53 bits per heavy atom. The summed E-state index contributed by atoms with van der Waals surface area (Å²) in [4.78, 5) is 23.0. The van der Waals surface area contributed by atoms with Gasteiger partial charge in [-0.3, -0.25) is 4.79 Å². The first-order chi connectivity index (χ1) is 9.01. The fourth-order valence-electron chi connectivity index (χ4n) is 1.32. The molecule has 1 atom stereocenters. The van der Waals surface area contributed by atoms with Crippen molar-refractivity contribution in [2.24, 2.45) is 0 Å². The average Bonchev–Trinajstić information content (AvgIpc) is 2.77. The van der Waals surface area contributed by atoms with Crippen molar-refractivity contribution in [1.29, 1.82) is 0 Å². The number of hydrogen-bond acceptors (Lipinski definition) is 4. The van der Waals surface area contributed by atoms with E-state index in [4.69, 9.17) is 9.84 Å². The van der Waals surface area contributed by atoms with Crippen molar-refractivity contribution in [2.45, 2.75) is 19.1 Å². The van der Waals surface area contributed by atoms with Crippen molar-refractivity contribution in [3.63, 3.8) is 0 Å². The highest BCUT2D eigenvalue weighted by Gasteiger charge is 2.13. The molecule has 0 aliphatic rings. The fraction of sp³-hybridized carbons (Fsp3) is 0.455. The molecule has 3 N–H and O–H groups in total. The Labute approximate surface area is 123 Å². The van der Waals surface area contributed by atoms with Crippen LogP contribution in [0.25, 0.3) is 0 Å². The minimum atomic E-state index is -0.961. The molecule has 0 aliphatic carbocycles. The molecule has 106 valence electrons. The summed E-state index contributed by atoms with van der Waals surface area (Å²) in [6.07, 6.45) is -0.673. The summed E-state index contributed by atoms with van der Waals surface area (Å²) in [6, 6.07) is 1.57. The van der Waals surface area contributed by atoms with Crippen molar-refractivity contribution in [3.05, 3.63) is 20.8 Å². The molecule has 0 aromatic carbocycles. The quantitative estimate of drug-likeness (QED) is 0.699. The molecule has 2 amide bonds. The van der Waals surface area contributed by atoms with E-state index in [2.05, 4.69) is 26.6 Å². The lowest BCUT2D eigenvalue weighted by molar-refractivity contribution is -0.139. The lowest BCUT2D eigenvalue weighted by Crippen LogP contribution is -2.40. The summed E-state index contributed by atoms with van der Waals surface area (Å²) in [5.41, 5.74) is 0. The number of nitrogens with one attached hydrogen (secondary N) is 2. The number of thiophene rings is 1. The van der Waals surface area contributed by atoms with E-state index < -0.39 is 12.1 Å². The molecule has 0 bridgehead atoms. The van der Waals surface area contributed by atoms with Crippen LogP contribution < -0.4 is 10.6 Å². The maximum atomic E-state index is 11.5. The maximum Gasteiger partial charge on any atom is 0.315 e. The van der Waals surface area contributed by atoms with Crippen LogP contribution in [0.5, 0.6) is 0 Å². The predicted octanol–water partition coefficient (Wildman–Crippen LogP) is 1.80. The molecule has 1 unspecified atom stereocenters. The Kier molecular flexibility index (Phi) is 6.82. The molecule has 0 saturated heterocycles. The van der Waals surface area contributed by atoms with Crippen molar-refractivity contribution in [3.8, 4) is 0 Å². The van der Waals surface area contributed by atoms with E-state index in [1.54, 1.807) is 0 Å². The third kappa shape index (κ3) is 6.55. The van der Waals surface area contributed by atoms with Gasteiger partial charge in [-0.05, 0) is 22.0 Å². The van der Waals surface area contributed by atoms with Crippen LogP contribution >= 0.6 is 27.3 Å². The molecule has 0 saturated carbocycles. The van der Waals surface area contributed by atoms with Gasteiger partial charge in [0.1, 0.15) is 0 Å². The van der Waals surface area contributed by atoms with Gasteiger partial charge < -0.3 is 20.5 Å². The SMILES string of the molecule is COC(CNC(=O)NCc1cc(Br)cs1)CC(=O)O. The van der Waals surface area contributed by atoms with Crippen molar-refractivity contribution >= 4 is 39.3 Å². The van der Waals surface area contributed by atoms with Gasteiger partial charge in [0, 0.05) is 28.4 Å². The minimum Gasteiger partial charge on any atom is -0.481 e. The molecular formula is C11H15BrN2O4S. The maximum absolute atomic E-state index is 11.5. The van der Waals surface area contributed by atoms with Crippen LogP contribution in [-0.2, 0) is 16.1 Å². The summed E-state index contributed by atoms with van der Waals surface area (Å²) >= 11 is 4.87. The highest BCUT2D eigenvalue weighted by Crippen LogP contribution is 2.19. The molecular weight excluding hydrogens is 336 g/mol. The largest absolute Gasteiger partial charge is 0.481 e. The van der Waals surface area contributed by atoms with E-state index in [-0.39, 0.29) is 19.0 Å². The van der Waals surface area contributed by atoms with Gasteiger partial charge in [0.25, 0.3) is 0 Å². The summed E-state index contributed by atoms with van der Waals surface area (Å²) in [5, 5.41) is 15.8. The van der Waals surface area contributed by atoms with Crippen molar-refractivity contribution in [1.82, 2.24) is 10.6 Å². The zero-order valence-electron chi connectivity index (χ0n) is 10.3. The normalized spacial score (nSPS) is 11.9. The molecule has 19 heavy (non-hydrogen) atoms. The second kappa shape index (κ2) is 8.13. The lowest BCUT2D eigenvalue weighted by atomic mass is 10.2. The number of hydrogen-bond donors (Lipinski definition) is 3. The van der Waals surface area contributed by atoms with E-state index >= 15 is 0 Å². The second-order valence-corrected chi connectivity index (χ2v) is 5.66. The Balaban J connectivity index is 2.25. The number of halogens is 1. The van der Waals surface area contributed by atoms with E-state index in [0.717, 1.165) is 9.35 Å². The number of aliphatic carboxylic acids is 1. The molecule has 1 aromatic rings. The monoisotopic (exact) mass is 350 g/mol. The van der Waals surface area contributed by atoms with Gasteiger partial charge in [0.15, 0.2) is 0 Å². The molecule has 8 heteroatoms. The van der Waals surface area contributed by atoms with Crippen LogP contribution in [0.1, 0.15) is 11.3 Å². The second-order valence-electron chi connectivity index (χ2n) is 3.75. The molecule has 6 nitrogen and oxygen atoms in total. The Hall–Kier alpha value is -1.12. The number of carboxylic acid groups (broad SMARTS) is 1. The van der Waals surface area contributed by atoms with E-state index in [1.807, 2.05) is 11.4 Å². The first kappa shape index (κ1) is 15.9. The van der Waals surface area contributed by atoms with Crippen molar-refractivity contribution < 1.29 is 19.4 Å². The molecule has 0 radical (unpaired) electrons. The van der Waals surface area contributed by atoms with Gasteiger partial charge in [-0.15, -0.1) is 11.3 Å². The topological polar surface area (TPSA) is 87.7 Å². The molecule has 0 aliphatic heterocycles.